The standard InChI is InChI=1S/C10H12N2O2S2/c11-10(15)5-6-16-7-8-1-3-9(4-2-8)12(13)14/h1-4H,5-7H2,(H2,11,15). The largest absolute Gasteiger partial charge is 0.393 e. The van der Waals surface area contributed by atoms with E-state index in [0.29, 0.717) is 4.99 Å². The Kier molecular flexibility index (Phi) is 5.21. The molecule has 0 spiro atoms. The average Bonchev–Trinajstić information content (AvgIpc) is 2.25. The molecule has 0 atom stereocenters. The molecule has 1 aromatic carbocycles. The van der Waals surface area contributed by atoms with E-state index in [9.17, 15) is 10.1 Å². The molecule has 0 amide bonds. The molecule has 0 aliphatic heterocycles. The second-order valence-electron chi connectivity index (χ2n) is 3.19. The quantitative estimate of drug-likeness (QED) is 0.366. The van der Waals surface area contributed by atoms with E-state index in [0.717, 1.165) is 23.5 Å². The molecule has 1 aromatic rings. The second kappa shape index (κ2) is 6.44. The van der Waals surface area contributed by atoms with Crippen LogP contribution in [0.2, 0.25) is 0 Å². The number of nitrogens with two attached hydrogens (primary N) is 1. The maximum absolute atomic E-state index is 10.4. The zero-order chi connectivity index (χ0) is 12.0. The van der Waals surface area contributed by atoms with Crippen molar-refractivity contribution in [1.29, 1.82) is 0 Å². The van der Waals surface area contributed by atoms with E-state index in [-0.39, 0.29) is 5.69 Å². The monoisotopic (exact) mass is 256 g/mol. The number of nitrogens with zero attached hydrogens (tertiary/aromatic N) is 1. The van der Waals surface area contributed by atoms with Crippen LogP contribution in [0.4, 0.5) is 5.69 Å². The summed E-state index contributed by atoms with van der Waals surface area (Å²) >= 11 is 6.47. The molecule has 0 aliphatic carbocycles. The highest BCUT2D eigenvalue weighted by atomic mass is 32.2. The Morgan fingerprint density at radius 3 is 2.56 bits per heavy atom. The number of thioether (sulfide) groups is 1. The van der Waals surface area contributed by atoms with E-state index < -0.39 is 4.92 Å². The molecule has 0 saturated carbocycles. The lowest BCUT2D eigenvalue weighted by atomic mass is 10.2. The number of hydrogen-bond donors (Lipinski definition) is 1. The maximum atomic E-state index is 10.4. The average molecular weight is 256 g/mol. The smallest absolute Gasteiger partial charge is 0.269 e. The van der Waals surface area contributed by atoms with Gasteiger partial charge in [0.2, 0.25) is 0 Å². The molecular weight excluding hydrogens is 244 g/mol. The van der Waals surface area contributed by atoms with Crippen molar-refractivity contribution in [3.05, 3.63) is 39.9 Å². The predicted octanol–water partition coefficient (Wildman–Crippen LogP) is 2.50. The molecule has 0 bridgehead atoms. The minimum absolute atomic E-state index is 0.122. The molecule has 0 aromatic heterocycles. The van der Waals surface area contributed by atoms with Gasteiger partial charge in [0.25, 0.3) is 5.69 Å². The van der Waals surface area contributed by atoms with Crippen LogP contribution in [0.1, 0.15) is 12.0 Å². The number of nitro benzene ring substituents is 1. The van der Waals surface area contributed by atoms with E-state index in [1.54, 1.807) is 23.9 Å². The lowest BCUT2D eigenvalue weighted by Crippen LogP contribution is -2.08. The molecule has 2 N–H and O–H groups in total. The second-order valence-corrected chi connectivity index (χ2v) is 4.82. The van der Waals surface area contributed by atoms with Crippen LogP contribution in [-0.4, -0.2) is 15.7 Å². The van der Waals surface area contributed by atoms with Crippen LogP contribution < -0.4 is 5.73 Å². The molecule has 0 heterocycles. The Morgan fingerprint density at radius 2 is 2.06 bits per heavy atom. The van der Waals surface area contributed by atoms with Crippen molar-refractivity contribution >= 4 is 34.7 Å². The molecule has 0 saturated heterocycles. The van der Waals surface area contributed by atoms with Gasteiger partial charge < -0.3 is 5.73 Å². The van der Waals surface area contributed by atoms with Crippen molar-refractivity contribution in [1.82, 2.24) is 0 Å². The first-order valence-corrected chi connectivity index (χ1v) is 6.25. The summed E-state index contributed by atoms with van der Waals surface area (Å²) in [4.78, 5) is 10.5. The summed E-state index contributed by atoms with van der Waals surface area (Å²) in [6.45, 7) is 0. The van der Waals surface area contributed by atoms with Gasteiger partial charge in [0.1, 0.15) is 0 Å². The predicted molar refractivity (Wildman–Crippen MR) is 70.7 cm³/mol. The Labute approximate surface area is 103 Å². The van der Waals surface area contributed by atoms with Gasteiger partial charge in [-0.1, -0.05) is 24.4 Å². The van der Waals surface area contributed by atoms with Crippen LogP contribution in [0.3, 0.4) is 0 Å². The van der Waals surface area contributed by atoms with Crippen molar-refractivity contribution in [2.75, 3.05) is 5.75 Å². The third kappa shape index (κ3) is 4.59. The van der Waals surface area contributed by atoms with Crippen molar-refractivity contribution in [3.63, 3.8) is 0 Å². The van der Waals surface area contributed by atoms with E-state index in [2.05, 4.69) is 0 Å². The van der Waals surface area contributed by atoms with E-state index in [4.69, 9.17) is 18.0 Å². The van der Waals surface area contributed by atoms with Gasteiger partial charge in [0.15, 0.2) is 0 Å². The van der Waals surface area contributed by atoms with E-state index in [1.807, 2.05) is 0 Å². The highest BCUT2D eigenvalue weighted by molar-refractivity contribution is 7.98. The zero-order valence-corrected chi connectivity index (χ0v) is 10.2. The van der Waals surface area contributed by atoms with Gasteiger partial charge in [-0.25, -0.2) is 0 Å². The highest BCUT2D eigenvalue weighted by Crippen LogP contribution is 2.17. The van der Waals surface area contributed by atoms with Crippen LogP contribution in [0.25, 0.3) is 0 Å². The van der Waals surface area contributed by atoms with Crippen molar-refractivity contribution in [2.24, 2.45) is 5.73 Å². The lowest BCUT2D eigenvalue weighted by Gasteiger charge is -2.01. The van der Waals surface area contributed by atoms with E-state index in [1.165, 1.54) is 12.1 Å². The Balaban J connectivity index is 2.38. The van der Waals surface area contributed by atoms with Gasteiger partial charge in [0, 0.05) is 24.3 Å². The summed E-state index contributed by atoms with van der Waals surface area (Å²) in [5.74, 6) is 1.70. The summed E-state index contributed by atoms with van der Waals surface area (Å²) in [5, 5.41) is 10.4. The van der Waals surface area contributed by atoms with Gasteiger partial charge in [-0.2, -0.15) is 11.8 Å². The summed E-state index contributed by atoms with van der Waals surface area (Å²) in [6.07, 6.45) is 0.729. The first kappa shape index (κ1) is 12.9. The Bertz CT molecular complexity index is 379. The van der Waals surface area contributed by atoms with Crippen molar-refractivity contribution in [2.45, 2.75) is 12.2 Å². The number of nitro groups is 1. The summed E-state index contributed by atoms with van der Waals surface area (Å²) in [7, 11) is 0. The van der Waals surface area contributed by atoms with Gasteiger partial charge in [-0.15, -0.1) is 0 Å². The number of rotatable bonds is 6. The molecule has 1 rings (SSSR count). The Hall–Kier alpha value is -1.14. The van der Waals surface area contributed by atoms with Crippen molar-refractivity contribution < 1.29 is 4.92 Å². The molecule has 0 radical (unpaired) electrons. The maximum Gasteiger partial charge on any atom is 0.269 e. The molecule has 0 unspecified atom stereocenters. The van der Waals surface area contributed by atoms with Crippen LogP contribution >= 0.6 is 24.0 Å². The number of benzene rings is 1. The molecule has 16 heavy (non-hydrogen) atoms. The topological polar surface area (TPSA) is 69.2 Å². The number of hydrogen-bond acceptors (Lipinski definition) is 4. The molecule has 4 nitrogen and oxygen atoms in total. The molecule has 86 valence electrons. The van der Waals surface area contributed by atoms with Crippen LogP contribution in [-0.2, 0) is 5.75 Å². The van der Waals surface area contributed by atoms with Gasteiger partial charge in [-0.05, 0) is 11.3 Å². The lowest BCUT2D eigenvalue weighted by molar-refractivity contribution is -0.384. The fourth-order valence-corrected chi connectivity index (χ4v) is 2.24. The zero-order valence-electron chi connectivity index (χ0n) is 8.59. The molecule has 0 fully saturated rings. The molecular formula is C10H12N2O2S2. The summed E-state index contributed by atoms with van der Waals surface area (Å²) < 4.78 is 0. The fourth-order valence-electron chi connectivity index (χ4n) is 1.08. The van der Waals surface area contributed by atoms with Gasteiger partial charge in [0.05, 0.1) is 9.91 Å². The highest BCUT2D eigenvalue weighted by Gasteiger charge is 2.03. The molecule has 6 heteroatoms. The van der Waals surface area contributed by atoms with Gasteiger partial charge in [-0.3, -0.25) is 10.1 Å². The van der Waals surface area contributed by atoms with E-state index >= 15 is 0 Å². The first-order valence-electron chi connectivity index (χ1n) is 4.69. The van der Waals surface area contributed by atoms with Crippen LogP contribution in [0.15, 0.2) is 24.3 Å². The van der Waals surface area contributed by atoms with Crippen LogP contribution in [0, 0.1) is 10.1 Å². The minimum atomic E-state index is -0.399. The fraction of sp³-hybridized carbons (Fsp3) is 0.300. The summed E-state index contributed by atoms with van der Waals surface area (Å²) in [6, 6.07) is 6.57. The van der Waals surface area contributed by atoms with Crippen molar-refractivity contribution in [3.8, 4) is 0 Å². The molecule has 0 aliphatic rings. The first-order chi connectivity index (χ1) is 7.59. The minimum Gasteiger partial charge on any atom is -0.393 e. The third-order valence-corrected chi connectivity index (χ3v) is 3.14. The number of non-ortho nitro benzene ring substituents is 1. The van der Waals surface area contributed by atoms with Crippen LogP contribution in [0.5, 0.6) is 0 Å². The normalized spacial score (nSPS) is 10.0. The Morgan fingerprint density at radius 1 is 1.44 bits per heavy atom. The third-order valence-electron chi connectivity index (χ3n) is 1.91. The SMILES string of the molecule is NC(=S)CCSCc1ccc([N+](=O)[O-])cc1. The van der Waals surface area contributed by atoms with Gasteiger partial charge >= 0.3 is 0 Å². The summed E-state index contributed by atoms with van der Waals surface area (Å²) in [5.41, 5.74) is 6.56. The number of thiocarbonyl (C=S) groups is 1.